The maximum Gasteiger partial charge on any atom is 0.274 e. The van der Waals surface area contributed by atoms with E-state index in [1.54, 1.807) is 11.1 Å². The molecule has 1 saturated heterocycles. The molecule has 6 nitrogen and oxygen atoms in total. The molecule has 2 aromatic carbocycles. The van der Waals surface area contributed by atoms with E-state index in [0.717, 1.165) is 16.7 Å². The van der Waals surface area contributed by atoms with Crippen molar-refractivity contribution < 1.29 is 9.59 Å². The van der Waals surface area contributed by atoms with Gasteiger partial charge in [0.25, 0.3) is 5.91 Å². The molecule has 1 aliphatic rings. The molecule has 1 fully saturated rings. The highest BCUT2D eigenvalue weighted by Crippen LogP contribution is 2.36. The number of hydrogen-bond acceptors (Lipinski definition) is 4. The Labute approximate surface area is 195 Å². The van der Waals surface area contributed by atoms with E-state index < -0.39 is 5.41 Å². The Morgan fingerprint density at radius 3 is 2.58 bits per heavy atom. The van der Waals surface area contributed by atoms with Crippen LogP contribution in [0, 0.1) is 12.3 Å². The number of aryl methyl sites for hydroxylation is 1. The minimum Gasteiger partial charge on any atom is -0.353 e. The largest absolute Gasteiger partial charge is 0.353 e. The van der Waals surface area contributed by atoms with Crippen molar-refractivity contribution in [2.24, 2.45) is 5.41 Å². The van der Waals surface area contributed by atoms with E-state index in [2.05, 4.69) is 64.7 Å². The highest BCUT2D eigenvalue weighted by Gasteiger charge is 2.46. The molecule has 0 saturated carbocycles. The first-order valence-corrected chi connectivity index (χ1v) is 11.4. The monoisotopic (exact) mass is 442 g/mol. The van der Waals surface area contributed by atoms with E-state index >= 15 is 0 Å². The summed E-state index contributed by atoms with van der Waals surface area (Å²) in [5, 5.41) is 3.09. The molecule has 3 aromatic rings. The summed E-state index contributed by atoms with van der Waals surface area (Å²) in [4.78, 5) is 36.3. The lowest BCUT2D eigenvalue weighted by Gasteiger charge is -2.29. The van der Waals surface area contributed by atoms with Gasteiger partial charge in [0.15, 0.2) is 0 Å². The van der Waals surface area contributed by atoms with Gasteiger partial charge in [-0.05, 0) is 50.3 Å². The molecule has 170 valence electrons. The Balaban J connectivity index is 1.61. The Hall–Kier alpha value is -3.54. The van der Waals surface area contributed by atoms with Gasteiger partial charge in [-0.2, -0.15) is 0 Å². The third kappa shape index (κ3) is 5.11. The molecule has 1 aromatic heterocycles. The first-order chi connectivity index (χ1) is 15.9. The molecule has 0 bridgehead atoms. The first-order valence-electron chi connectivity index (χ1n) is 11.4. The van der Waals surface area contributed by atoms with Gasteiger partial charge in [0.2, 0.25) is 5.91 Å². The minimum atomic E-state index is -0.686. The van der Waals surface area contributed by atoms with Crippen LogP contribution in [0.5, 0.6) is 0 Å². The Morgan fingerprint density at radius 2 is 1.88 bits per heavy atom. The number of nitrogens with zero attached hydrogens (tertiary/aromatic N) is 3. The van der Waals surface area contributed by atoms with Crippen LogP contribution >= 0.6 is 0 Å². The SMILES string of the molecule is Cc1ccc(-c2cccc(CC3(C(=O)NC(C)C)CCN(C(=O)c4cnccn4)C3)c2)cc1. The van der Waals surface area contributed by atoms with Gasteiger partial charge in [-0.1, -0.05) is 54.1 Å². The van der Waals surface area contributed by atoms with Crippen LogP contribution in [-0.4, -0.2) is 45.8 Å². The van der Waals surface area contributed by atoms with Crippen molar-refractivity contribution in [1.29, 1.82) is 0 Å². The minimum absolute atomic E-state index is 0.00677. The summed E-state index contributed by atoms with van der Waals surface area (Å²) in [6, 6.07) is 16.8. The van der Waals surface area contributed by atoms with Gasteiger partial charge in [0, 0.05) is 31.5 Å². The molecule has 0 spiro atoms. The fraction of sp³-hybridized carbons (Fsp3) is 0.333. The van der Waals surface area contributed by atoms with Crippen LogP contribution in [0.25, 0.3) is 11.1 Å². The van der Waals surface area contributed by atoms with E-state index in [1.165, 1.54) is 18.0 Å². The molecule has 0 aliphatic carbocycles. The molecule has 2 heterocycles. The summed E-state index contributed by atoms with van der Waals surface area (Å²) in [6.07, 6.45) is 5.70. The third-order valence-corrected chi connectivity index (χ3v) is 6.18. The zero-order valence-electron chi connectivity index (χ0n) is 19.4. The van der Waals surface area contributed by atoms with Crippen molar-refractivity contribution in [2.75, 3.05) is 13.1 Å². The van der Waals surface area contributed by atoms with Crippen molar-refractivity contribution in [2.45, 2.75) is 39.7 Å². The molecule has 1 N–H and O–H groups in total. The molecular weight excluding hydrogens is 412 g/mol. The van der Waals surface area contributed by atoms with Crippen LogP contribution in [0.1, 0.15) is 41.9 Å². The normalized spacial score (nSPS) is 17.9. The van der Waals surface area contributed by atoms with Crippen molar-refractivity contribution in [1.82, 2.24) is 20.2 Å². The number of amides is 2. The first kappa shape index (κ1) is 22.6. The number of carbonyl (C=O) groups is 2. The van der Waals surface area contributed by atoms with Crippen molar-refractivity contribution >= 4 is 11.8 Å². The second kappa shape index (κ2) is 9.53. The summed E-state index contributed by atoms with van der Waals surface area (Å²) >= 11 is 0. The third-order valence-electron chi connectivity index (χ3n) is 6.18. The average molecular weight is 443 g/mol. The second-order valence-corrected chi connectivity index (χ2v) is 9.22. The van der Waals surface area contributed by atoms with Crippen LogP contribution in [0.4, 0.5) is 0 Å². The van der Waals surface area contributed by atoms with Gasteiger partial charge in [0.1, 0.15) is 5.69 Å². The summed E-state index contributed by atoms with van der Waals surface area (Å²) in [7, 11) is 0. The van der Waals surface area contributed by atoms with Crippen LogP contribution in [0.15, 0.2) is 67.1 Å². The summed E-state index contributed by atoms with van der Waals surface area (Å²) in [5.41, 5.74) is 4.19. The molecule has 1 unspecified atom stereocenters. The molecule has 6 heteroatoms. The zero-order chi connectivity index (χ0) is 23.4. The van der Waals surface area contributed by atoms with Gasteiger partial charge in [-0.25, -0.2) is 4.98 Å². The van der Waals surface area contributed by atoms with E-state index in [1.807, 2.05) is 19.9 Å². The number of carbonyl (C=O) groups excluding carboxylic acids is 2. The van der Waals surface area contributed by atoms with Gasteiger partial charge in [-0.3, -0.25) is 14.6 Å². The lowest BCUT2D eigenvalue weighted by atomic mass is 9.79. The van der Waals surface area contributed by atoms with E-state index in [-0.39, 0.29) is 17.9 Å². The standard InChI is InChI=1S/C27H30N4O2/c1-19(2)30-26(33)27(11-14-31(18-27)25(32)24-17-28-12-13-29-24)16-21-5-4-6-23(15-21)22-9-7-20(3)8-10-22/h4-10,12-13,15,17,19H,11,14,16,18H2,1-3H3,(H,30,33). The van der Waals surface area contributed by atoms with Gasteiger partial charge in [-0.15, -0.1) is 0 Å². The number of benzene rings is 2. The smallest absolute Gasteiger partial charge is 0.274 e. The van der Waals surface area contributed by atoms with Gasteiger partial charge in [0.05, 0.1) is 11.6 Å². The fourth-order valence-electron chi connectivity index (χ4n) is 4.44. The predicted molar refractivity (Wildman–Crippen MR) is 129 cm³/mol. The van der Waals surface area contributed by atoms with Gasteiger partial charge < -0.3 is 10.2 Å². The number of rotatable bonds is 6. The summed E-state index contributed by atoms with van der Waals surface area (Å²) in [5.74, 6) is -0.191. The quantitative estimate of drug-likeness (QED) is 0.625. The van der Waals surface area contributed by atoms with Crippen LogP contribution in [-0.2, 0) is 11.2 Å². The Kier molecular flexibility index (Phi) is 6.54. The number of aromatic nitrogens is 2. The molecule has 1 atom stereocenters. The van der Waals surface area contributed by atoms with E-state index in [0.29, 0.717) is 31.6 Å². The lowest BCUT2D eigenvalue weighted by molar-refractivity contribution is -0.130. The zero-order valence-corrected chi connectivity index (χ0v) is 19.4. The fourth-order valence-corrected chi connectivity index (χ4v) is 4.44. The molecule has 0 radical (unpaired) electrons. The van der Waals surface area contributed by atoms with Crippen molar-refractivity contribution in [3.05, 3.63) is 83.9 Å². The lowest BCUT2D eigenvalue weighted by Crippen LogP contribution is -2.47. The molecule has 33 heavy (non-hydrogen) atoms. The highest BCUT2D eigenvalue weighted by molar-refractivity contribution is 5.93. The number of nitrogens with one attached hydrogen (secondary N) is 1. The Morgan fingerprint density at radius 1 is 1.09 bits per heavy atom. The average Bonchev–Trinajstić information content (AvgIpc) is 3.25. The molecule has 2 amide bonds. The molecule has 4 rings (SSSR count). The second-order valence-electron chi connectivity index (χ2n) is 9.22. The van der Waals surface area contributed by atoms with E-state index in [9.17, 15) is 9.59 Å². The topological polar surface area (TPSA) is 75.2 Å². The molecule has 1 aliphatic heterocycles. The maximum atomic E-state index is 13.4. The number of likely N-dealkylation sites (tertiary alicyclic amines) is 1. The predicted octanol–water partition coefficient (Wildman–Crippen LogP) is 4.05. The molecular formula is C27H30N4O2. The van der Waals surface area contributed by atoms with E-state index in [4.69, 9.17) is 0 Å². The maximum absolute atomic E-state index is 13.4. The highest BCUT2D eigenvalue weighted by atomic mass is 16.2. The Bertz CT molecular complexity index is 1130. The summed E-state index contributed by atoms with van der Waals surface area (Å²) < 4.78 is 0. The van der Waals surface area contributed by atoms with Crippen molar-refractivity contribution in [3.63, 3.8) is 0 Å². The number of hydrogen-bond donors (Lipinski definition) is 1. The van der Waals surface area contributed by atoms with Crippen LogP contribution in [0.2, 0.25) is 0 Å². The summed E-state index contributed by atoms with van der Waals surface area (Å²) in [6.45, 7) is 6.86. The van der Waals surface area contributed by atoms with Crippen LogP contribution in [0.3, 0.4) is 0 Å². The van der Waals surface area contributed by atoms with Crippen LogP contribution < -0.4 is 5.32 Å². The van der Waals surface area contributed by atoms with Crippen molar-refractivity contribution in [3.8, 4) is 11.1 Å². The van der Waals surface area contributed by atoms with Gasteiger partial charge >= 0.3 is 0 Å².